The van der Waals surface area contributed by atoms with Crippen molar-refractivity contribution < 1.29 is 0 Å². The number of anilines is 2. The molecule has 0 fully saturated rings. The van der Waals surface area contributed by atoms with Crippen molar-refractivity contribution in [3.8, 4) is 0 Å². The molecule has 1 aromatic heterocycles. The summed E-state index contributed by atoms with van der Waals surface area (Å²) >= 11 is 0. The minimum Gasteiger partial charge on any atom is -0.312 e. The first-order chi connectivity index (χ1) is 8.18. The van der Waals surface area contributed by atoms with Crippen molar-refractivity contribution in [2.45, 2.75) is 0 Å². The number of aromatic amines is 1. The fourth-order valence-corrected chi connectivity index (χ4v) is 1.32. The molecule has 6 heteroatoms. The summed E-state index contributed by atoms with van der Waals surface area (Å²) in [7, 11) is 1.41. The van der Waals surface area contributed by atoms with Crippen molar-refractivity contribution in [1.29, 1.82) is 0 Å². The Balaban J connectivity index is 2.18. The summed E-state index contributed by atoms with van der Waals surface area (Å²) in [5.41, 5.74) is 5.87. The van der Waals surface area contributed by atoms with Crippen LogP contribution in [0.3, 0.4) is 0 Å². The Labute approximate surface area is 96.9 Å². The van der Waals surface area contributed by atoms with E-state index in [2.05, 4.69) is 15.8 Å². The molecule has 0 amide bonds. The molecule has 1 heterocycles. The second-order valence-corrected chi connectivity index (χ2v) is 3.49. The molecule has 6 nitrogen and oxygen atoms in total. The van der Waals surface area contributed by atoms with Gasteiger partial charge in [0.25, 0.3) is 5.56 Å². The van der Waals surface area contributed by atoms with E-state index in [1.165, 1.54) is 13.2 Å². The Morgan fingerprint density at radius 2 is 1.82 bits per heavy atom. The number of para-hydroxylation sites is 1. The van der Waals surface area contributed by atoms with Gasteiger partial charge in [-0.05, 0) is 12.1 Å². The summed E-state index contributed by atoms with van der Waals surface area (Å²) < 4.78 is 0.995. The van der Waals surface area contributed by atoms with Crippen LogP contribution in [0.4, 0.5) is 11.4 Å². The van der Waals surface area contributed by atoms with E-state index in [4.69, 9.17) is 0 Å². The van der Waals surface area contributed by atoms with E-state index >= 15 is 0 Å². The predicted molar refractivity (Wildman–Crippen MR) is 66.0 cm³/mol. The average molecular weight is 232 g/mol. The van der Waals surface area contributed by atoms with E-state index in [-0.39, 0.29) is 5.69 Å². The van der Waals surface area contributed by atoms with Gasteiger partial charge in [0.05, 0.1) is 5.69 Å². The zero-order chi connectivity index (χ0) is 12.3. The van der Waals surface area contributed by atoms with Crippen LogP contribution in [0.25, 0.3) is 0 Å². The molecular formula is C11H12N4O2. The van der Waals surface area contributed by atoms with Crippen molar-refractivity contribution >= 4 is 11.4 Å². The molecule has 0 bridgehead atoms. The molecule has 0 unspecified atom stereocenters. The van der Waals surface area contributed by atoms with Crippen LogP contribution in [0, 0.1) is 0 Å². The molecule has 0 aliphatic carbocycles. The molecule has 0 radical (unpaired) electrons. The molecule has 0 saturated heterocycles. The van der Waals surface area contributed by atoms with Gasteiger partial charge in [0.2, 0.25) is 0 Å². The van der Waals surface area contributed by atoms with Crippen LogP contribution in [0.5, 0.6) is 0 Å². The van der Waals surface area contributed by atoms with Crippen LogP contribution >= 0.6 is 0 Å². The van der Waals surface area contributed by atoms with Crippen molar-refractivity contribution in [3.63, 3.8) is 0 Å². The monoisotopic (exact) mass is 232 g/mol. The lowest BCUT2D eigenvalue weighted by Crippen LogP contribution is -2.34. The normalized spacial score (nSPS) is 9.94. The maximum Gasteiger partial charge on any atom is 0.328 e. The third kappa shape index (κ3) is 2.36. The fourth-order valence-electron chi connectivity index (χ4n) is 1.32. The van der Waals surface area contributed by atoms with Crippen LogP contribution in [0.1, 0.15) is 0 Å². The van der Waals surface area contributed by atoms with Gasteiger partial charge in [-0.2, -0.15) is 0 Å². The van der Waals surface area contributed by atoms with Gasteiger partial charge in [-0.3, -0.25) is 14.8 Å². The Hall–Kier alpha value is -2.50. The van der Waals surface area contributed by atoms with Gasteiger partial charge in [-0.1, -0.05) is 18.2 Å². The van der Waals surface area contributed by atoms with Crippen LogP contribution in [-0.4, -0.2) is 9.55 Å². The minimum absolute atomic E-state index is 0.274. The van der Waals surface area contributed by atoms with Gasteiger partial charge in [0.1, 0.15) is 5.69 Å². The topological polar surface area (TPSA) is 78.9 Å². The van der Waals surface area contributed by atoms with E-state index in [0.717, 1.165) is 10.3 Å². The van der Waals surface area contributed by atoms with Crippen molar-refractivity contribution in [1.82, 2.24) is 9.55 Å². The third-order valence-corrected chi connectivity index (χ3v) is 2.29. The largest absolute Gasteiger partial charge is 0.328 e. The molecule has 17 heavy (non-hydrogen) atoms. The lowest BCUT2D eigenvalue weighted by Gasteiger charge is -2.09. The Kier molecular flexibility index (Phi) is 2.95. The first-order valence-electron chi connectivity index (χ1n) is 5.04. The highest BCUT2D eigenvalue weighted by molar-refractivity contribution is 5.50. The van der Waals surface area contributed by atoms with E-state index in [1.807, 2.05) is 30.3 Å². The first kappa shape index (κ1) is 11.0. The van der Waals surface area contributed by atoms with Crippen LogP contribution < -0.4 is 22.1 Å². The van der Waals surface area contributed by atoms with E-state index < -0.39 is 11.2 Å². The summed E-state index contributed by atoms with van der Waals surface area (Å²) in [6.07, 6.45) is 1.33. The number of hydrazine groups is 1. The molecule has 0 spiro atoms. The van der Waals surface area contributed by atoms with Gasteiger partial charge in [0, 0.05) is 13.2 Å². The minimum atomic E-state index is -0.444. The lowest BCUT2D eigenvalue weighted by atomic mass is 10.3. The Bertz CT molecular complexity index is 615. The summed E-state index contributed by atoms with van der Waals surface area (Å²) in [5.74, 6) is 0. The van der Waals surface area contributed by atoms with Gasteiger partial charge < -0.3 is 10.4 Å². The second-order valence-electron chi connectivity index (χ2n) is 3.49. The quantitative estimate of drug-likeness (QED) is 0.674. The summed E-state index contributed by atoms with van der Waals surface area (Å²) in [4.78, 5) is 25.2. The smallest absolute Gasteiger partial charge is 0.312 e. The molecule has 0 aliphatic heterocycles. The molecule has 2 rings (SSSR count). The zero-order valence-corrected chi connectivity index (χ0v) is 9.23. The Morgan fingerprint density at radius 3 is 2.53 bits per heavy atom. The molecule has 1 aromatic carbocycles. The molecule has 3 N–H and O–H groups in total. The van der Waals surface area contributed by atoms with Crippen LogP contribution in [0.15, 0.2) is 46.1 Å². The number of nitrogens with zero attached hydrogens (tertiary/aromatic N) is 1. The number of aromatic nitrogens is 2. The second kappa shape index (κ2) is 4.56. The predicted octanol–water partition coefficient (Wildman–Crippen LogP) is 0.513. The maximum atomic E-state index is 11.7. The number of rotatable bonds is 3. The molecule has 0 atom stereocenters. The van der Waals surface area contributed by atoms with Crippen molar-refractivity contribution in [2.24, 2.45) is 7.05 Å². The van der Waals surface area contributed by atoms with E-state index in [0.29, 0.717) is 0 Å². The van der Waals surface area contributed by atoms with Gasteiger partial charge in [-0.25, -0.2) is 4.79 Å². The van der Waals surface area contributed by atoms with Crippen LogP contribution in [-0.2, 0) is 7.05 Å². The van der Waals surface area contributed by atoms with Gasteiger partial charge >= 0.3 is 5.69 Å². The standard InChI is InChI=1S/C11H12N4O2/c1-15-10(16)9(7-12-11(15)17)14-13-8-5-3-2-4-6-8/h2-7,13-14H,1H3,(H,12,17). The number of H-pyrrole nitrogens is 1. The summed E-state index contributed by atoms with van der Waals surface area (Å²) in [6, 6.07) is 9.33. The lowest BCUT2D eigenvalue weighted by molar-refractivity contribution is 0.778. The fraction of sp³-hybridized carbons (Fsp3) is 0.0909. The molecule has 88 valence electrons. The first-order valence-corrected chi connectivity index (χ1v) is 5.04. The highest BCUT2D eigenvalue weighted by atomic mass is 16.2. The highest BCUT2D eigenvalue weighted by Gasteiger charge is 2.02. The van der Waals surface area contributed by atoms with E-state index in [1.54, 1.807) is 0 Å². The number of benzene rings is 1. The number of hydrogen-bond donors (Lipinski definition) is 3. The molecule has 0 saturated carbocycles. The van der Waals surface area contributed by atoms with E-state index in [9.17, 15) is 9.59 Å². The maximum absolute atomic E-state index is 11.7. The molecule has 2 aromatic rings. The molecule has 0 aliphatic rings. The number of nitrogens with one attached hydrogen (secondary N) is 3. The molecular weight excluding hydrogens is 220 g/mol. The summed E-state index contributed by atoms with van der Waals surface area (Å²) in [6.45, 7) is 0. The Morgan fingerprint density at radius 1 is 1.12 bits per heavy atom. The van der Waals surface area contributed by atoms with Gasteiger partial charge in [0.15, 0.2) is 0 Å². The van der Waals surface area contributed by atoms with Crippen molar-refractivity contribution in [3.05, 3.63) is 57.4 Å². The SMILES string of the molecule is Cn1c(=O)[nH]cc(NNc2ccccc2)c1=O. The summed E-state index contributed by atoms with van der Waals surface area (Å²) in [5, 5.41) is 0. The zero-order valence-electron chi connectivity index (χ0n) is 9.23. The number of hydrogen-bond acceptors (Lipinski definition) is 4. The van der Waals surface area contributed by atoms with Crippen LogP contribution in [0.2, 0.25) is 0 Å². The highest BCUT2D eigenvalue weighted by Crippen LogP contribution is 2.04. The van der Waals surface area contributed by atoms with Gasteiger partial charge in [-0.15, -0.1) is 0 Å². The average Bonchev–Trinajstić information content (AvgIpc) is 2.36. The third-order valence-electron chi connectivity index (χ3n) is 2.29. The van der Waals surface area contributed by atoms with Crippen molar-refractivity contribution in [2.75, 3.05) is 10.9 Å².